The van der Waals surface area contributed by atoms with Gasteiger partial charge in [0.05, 0.1) is 46.9 Å². The van der Waals surface area contributed by atoms with Crippen molar-refractivity contribution in [1.29, 1.82) is 0 Å². The maximum Gasteiger partial charge on any atom is 0.262 e. The standard InChI is InChI=1S/C22H27N5O4S/c1-14-11-16(15(2)24-18-13-23-6-5-19(18)32(4,29)30)20-17(12-14)21(28)26(3)22(25-20)27-7-9-31-10-8-27/h5-6,11-13,15,24H,7-10H2,1-4H3/t15-/m1/s1. The Labute approximate surface area is 187 Å². The first kappa shape index (κ1) is 22.2. The van der Waals surface area contributed by atoms with E-state index in [9.17, 15) is 13.2 Å². The van der Waals surface area contributed by atoms with Gasteiger partial charge in [0.2, 0.25) is 5.95 Å². The lowest BCUT2D eigenvalue weighted by Gasteiger charge is -2.29. The zero-order valence-electron chi connectivity index (χ0n) is 18.6. The molecule has 1 aliphatic heterocycles. The van der Waals surface area contributed by atoms with E-state index in [4.69, 9.17) is 9.72 Å². The second-order valence-electron chi connectivity index (χ2n) is 8.14. The highest BCUT2D eigenvalue weighted by molar-refractivity contribution is 7.90. The molecule has 0 radical (unpaired) electrons. The molecular formula is C22H27N5O4S. The van der Waals surface area contributed by atoms with Gasteiger partial charge in [0.15, 0.2) is 9.84 Å². The summed E-state index contributed by atoms with van der Waals surface area (Å²) < 4.78 is 31.4. The first-order chi connectivity index (χ1) is 15.2. The van der Waals surface area contributed by atoms with Crippen LogP contribution < -0.4 is 15.8 Å². The van der Waals surface area contributed by atoms with Crippen LogP contribution in [-0.2, 0) is 21.6 Å². The molecule has 0 bridgehead atoms. The summed E-state index contributed by atoms with van der Waals surface area (Å²) in [5.74, 6) is 0.598. The van der Waals surface area contributed by atoms with Gasteiger partial charge in [-0.3, -0.25) is 14.3 Å². The van der Waals surface area contributed by atoms with Crippen molar-refractivity contribution in [2.24, 2.45) is 7.05 Å². The number of aryl methyl sites for hydroxylation is 1. The van der Waals surface area contributed by atoms with Crippen LogP contribution in [0.15, 0.2) is 40.3 Å². The Kier molecular flexibility index (Phi) is 5.91. The second-order valence-corrected chi connectivity index (χ2v) is 10.1. The number of morpholine rings is 1. The Balaban J connectivity index is 1.84. The topological polar surface area (TPSA) is 106 Å². The Morgan fingerprint density at radius 2 is 1.94 bits per heavy atom. The van der Waals surface area contributed by atoms with Crippen LogP contribution in [0.3, 0.4) is 0 Å². The van der Waals surface area contributed by atoms with Gasteiger partial charge in [-0.25, -0.2) is 13.4 Å². The largest absolute Gasteiger partial charge is 0.378 e. The molecule has 1 atom stereocenters. The van der Waals surface area contributed by atoms with Crippen LogP contribution >= 0.6 is 0 Å². The monoisotopic (exact) mass is 457 g/mol. The first-order valence-corrected chi connectivity index (χ1v) is 12.3. The molecule has 1 aromatic carbocycles. The molecule has 170 valence electrons. The summed E-state index contributed by atoms with van der Waals surface area (Å²) in [6.07, 6.45) is 4.12. The van der Waals surface area contributed by atoms with E-state index in [-0.39, 0.29) is 16.5 Å². The number of sulfone groups is 1. The second kappa shape index (κ2) is 8.51. The van der Waals surface area contributed by atoms with Crippen LogP contribution in [-0.4, -0.2) is 55.5 Å². The van der Waals surface area contributed by atoms with Gasteiger partial charge < -0.3 is 15.0 Å². The number of fused-ring (bicyclic) bond motifs is 1. The molecule has 1 saturated heterocycles. The summed E-state index contributed by atoms with van der Waals surface area (Å²) in [7, 11) is -1.70. The highest BCUT2D eigenvalue weighted by Gasteiger charge is 2.22. The molecule has 3 heterocycles. The summed E-state index contributed by atoms with van der Waals surface area (Å²) in [4.78, 5) is 24.4. The maximum absolute atomic E-state index is 13.2. The van der Waals surface area contributed by atoms with Gasteiger partial charge in [-0.15, -0.1) is 0 Å². The van der Waals surface area contributed by atoms with Crippen LogP contribution in [0.1, 0.15) is 24.1 Å². The van der Waals surface area contributed by atoms with Gasteiger partial charge in [0, 0.05) is 38.2 Å². The normalized spacial score (nSPS) is 15.7. The highest BCUT2D eigenvalue weighted by atomic mass is 32.2. The van der Waals surface area contributed by atoms with Crippen molar-refractivity contribution in [1.82, 2.24) is 14.5 Å². The first-order valence-electron chi connectivity index (χ1n) is 10.4. The third-order valence-corrected chi connectivity index (χ3v) is 6.80. The zero-order chi connectivity index (χ0) is 23.0. The number of nitrogens with zero attached hydrogens (tertiary/aromatic N) is 4. The number of aromatic nitrogens is 3. The Bertz CT molecular complexity index is 1330. The van der Waals surface area contributed by atoms with Gasteiger partial charge in [0.1, 0.15) is 0 Å². The quantitative estimate of drug-likeness (QED) is 0.621. The van der Waals surface area contributed by atoms with Crippen molar-refractivity contribution >= 4 is 32.4 Å². The minimum atomic E-state index is -3.44. The molecule has 2 aromatic heterocycles. The minimum absolute atomic E-state index is 0.119. The number of benzene rings is 1. The molecule has 10 heteroatoms. The summed E-state index contributed by atoms with van der Waals surface area (Å²) >= 11 is 0. The van der Waals surface area contributed by atoms with Gasteiger partial charge in [-0.1, -0.05) is 6.07 Å². The predicted octanol–water partition coefficient (Wildman–Crippen LogP) is 2.05. The number of hydrogen-bond donors (Lipinski definition) is 1. The summed E-state index contributed by atoms with van der Waals surface area (Å²) in [5, 5.41) is 3.79. The Hall–Kier alpha value is -2.98. The Morgan fingerprint density at radius 1 is 1.22 bits per heavy atom. The van der Waals surface area contributed by atoms with E-state index in [0.717, 1.165) is 11.1 Å². The third kappa shape index (κ3) is 4.20. The van der Waals surface area contributed by atoms with Crippen LogP contribution in [0.2, 0.25) is 0 Å². The highest BCUT2D eigenvalue weighted by Crippen LogP contribution is 2.29. The smallest absolute Gasteiger partial charge is 0.262 e. The van der Waals surface area contributed by atoms with Crippen molar-refractivity contribution < 1.29 is 13.2 Å². The van der Waals surface area contributed by atoms with Crippen LogP contribution in [0.5, 0.6) is 0 Å². The third-order valence-electron chi connectivity index (χ3n) is 5.64. The lowest BCUT2D eigenvalue weighted by atomic mass is 10.0. The molecule has 0 spiro atoms. The van der Waals surface area contributed by atoms with Crippen molar-refractivity contribution in [3.05, 3.63) is 52.1 Å². The number of rotatable bonds is 5. The number of hydrogen-bond acceptors (Lipinski definition) is 8. The zero-order valence-corrected chi connectivity index (χ0v) is 19.4. The average molecular weight is 458 g/mol. The number of pyridine rings is 1. The van der Waals surface area contributed by atoms with E-state index in [2.05, 4.69) is 15.2 Å². The van der Waals surface area contributed by atoms with E-state index >= 15 is 0 Å². The van der Waals surface area contributed by atoms with Crippen LogP contribution in [0, 0.1) is 6.92 Å². The van der Waals surface area contributed by atoms with E-state index in [1.165, 1.54) is 24.7 Å². The summed E-state index contributed by atoms with van der Waals surface area (Å²) in [6.45, 7) is 6.34. The fourth-order valence-corrected chi connectivity index (χ4v) is 4.86. The fourth-order valence-electron chi connectivity index (χ4n) is 4.04. The van der Waals surface area contributed by atoms with Crippen LogP contribution in [0.4, 0.5) is 11.6 Å². The molecule has 0 saturated carbocycles. The van der Waals surface area contributed by atoms with E-state index in [0.29, 0.717) is 48.8 Å². The van der Waals surface area contributed by atoms with E-state index in [1.54, 1.807) is 11.6 Å². The lowest BCUT2D eigenvalue weighted by Crippen LogP contribution is -2.40. The van der Waals surface area contributed by atoms with Gasteiger partial charge >= 0.3 is 0 Å². The number of ether oxygens (including phenoxy) is 1. The molecule has 32 heavy (non-hydrogen) atoms. The predicted molar refractivity (Wildman–Crippen MR) is 124 cm³/mol. The molecule has 0 unspecified atom stereocenters. The SMILES string of the molecule is Cc1cc([C@@H](C)Nc2cnccc2S(C)(=O)=O)c2nc(N3CCOCC3)n(C)c(=O)c2c1. The fraction of sp³-hybridized carbons (Fsp3) is 0.409. The molecule has 4 rings (SSSR count). The molecule has 3 aromatic rings. The van der Waals surface area contributed by atoms with Crippen LogP contribution in [0.25, 0.3) is 10.9 Å². The Morgan fingerprint density at radius 3 is 2.62 bits per heavy atom. The van der Waals surface area contributed by atoms with Gasteiger partial charge in [-0.05, 0) is 31.5 Å². The molecule has 9 nitrogen and oxygen atoms in total. The van der Waals surface area contributed by atoms with Crippen molar-refractivity contribution in [2.75, 3.05) is 42.8 Å². The molecule has 1 aliphatic rings. The molecule has 1 fully saturated rings. The number of nitrogens with one attached hydrogen (secondary N) is 1. The van der Waals surface area contributed by atoms with Crippen molar-refractivity contribution in [3.63, 3.8) is 0 Å². The van der Waals surface area contributed by atoms with Gasteiger partial charge in [-0.2, -0.15) is 0 Å². The summed E-state index contributed by atoms with van der Waals surface area (Å²) in [6, 6.07) is 4.98. The maximum atomic E-state index is 13.2. The summed E-state index contributed by atoms with van der Waals surface area (Å²) in [5.41, 5.74) is 2.63. The molecule has 1 N–H and O–H groups in total. The average Bonchev–Trinajstić information content (AvgIpc) is 2.76. The molecule has 0 amide bonds. The number of anilines is 2. The lowest BCUT2D eigenvalue weighted by molar-refractivity contribution is 0.121. The molecular weight excluding hydrogens is 430 g/mol. The van der Waals surface area contributed by atoms with Crippen molar-refractivity contribution in [2.45, 2.75) is 24.8 Å². The molecule has 0 aliphatic carbocycles. The van der Waals surface area contributed by atoms with Crippen molar-refractivity contribution in [3.8, 4) is 0 Å². The van der Waals surface area contributed by atoms with E-state index in [1.807, 2.05) is 26.0 Å². The minimum Gasteiger partial charge on any atom is -0.378 e. The van der Waals surface area contributed by atoms with Gasteiger partial charge in [0.25, 0.3) is 5.56 Å². The van der Waals surface area contributed by atoms with E-state index < -0.39 is 9.84 Å².